The van der Waals surface area contributed by atoms with E-state index in [1.807, 2.05) is 38.1 Å². The second-order valence-corrected chi connectivity index (χ2v) is 4.11. The standard InChI is InChI=1S/C12H19N3O2/c1-8(2)17-10-5-3-9(4-6-10)11(13)7-12(16)15-14/h3-6,8,11H,7,13-14H2,1-2H3,(H,15,16). The molecule has 0 fully saturated rings. The maximum Gasteiger partial charge on any atom is 0.235 e. The first kappa shape index (κ1) is 13.5. The van der Waals surface area contributed by atoms with Gasteiger partial charge in [-0.2, -0.15) is 0 Å². The van der Waals surface area contributed by atoms with Crippen LogP contribution in [-0.4, -0.2) is 12.0 Å². The summed E-state index contributed by atoms with van der Waals surface area (Å²) in [6, 6.07) is 7.04. The molecule has 0 aromatic heterocycles. The number of hydrogen-bond acceptors (Lipinski definition) is 4. The predicted molar refractivity (Wildman–Crippen MR) is 66.1 cm³/mol. The second-order valence-electron chi connectivity index (χ2n) is 4.11. The first-order chi connectivity index (χ1) is 8.02. The fourth-order valence-electron chi connectivity index (χ4n) is 1.44. The Bertz CT molecular complexity index is 363. The molecule has 1 amide bonds. The molecule has 0 saturated carbocycles. The summed E-state index contributed by atoms with van der Waals surface area (Å²) in [7, 11) is 0. The lowest BCUT2D eigenvalue weighted by Gasteiger charge is -2.13. The molecule has 0 spiro atoms. The van der Waals surface area contributed by atoms with E-state index in [0.29, 0.717) is 0 Å². The maximum atomic E-state index is 11.1. The summed E-state index contributed by atoms with van der Waals surface area (Å²) >= 11 is 0. The highest BCUT2D eigenvalue weighted by atomic mass is 16.5. The average molecular weight is 237 g/mol. The minimum atomic E-state index is -0.355. The minimum absolute atomic E-state index is 0.137. The molecule has 0 aliphatic carbocycles. The third-order valence-electron chi connectivity index (χ3n) is 2.25. The summed E-state index contributed by atoms with van der Waals surface area (Å²) in [6.07, 6.45) is 0.304. The third kappa shape index (κ3) is 4.42. The van der Waals surface area contributed by atoms with E-state index in [0.717, 1.165) is 11.3 Å². The molecule has 0 radical (unpaired) electrons. The van der Waals surface area contributed by atoms with Crippen molar-refractivity contribution in [1.82, 2.24) is 5.43 Å². The van der Waals surface area contributed by atoms with Crippen LogP contribution in [0.4, 0.5) is 0 Å². The van der Waals surface area contributed by atoms with Crippen molar-refractivity contribution >= 4 is 5.91 Å². The molecule has 1 atom stereocenters. The van der Waals surface area contributed by atoms with Gasteiger partial charge in [-0.3, -0.25) is 10.2 Å². The largest absolute Gasteiger partial charge is 0.491 e. The third-order valence-corrected chi connectivity index (χ3v) is 2.25. The zero-order valence-corrected chi connectivity index (χ0v) is 10.1. The molecule has 0 heterocycles. The van der Waals surface area contributed by atoms with Gasteiger partial charge in [-0.05, 0) is 31.5 Å². The van der Waals surface area contributed by atoms with Crippen LogP contribution in [0.15, 0.2) is 24.3 Å². The maximum absolute atomic E-state index is 11.1. The van der Waals surface area contributed by atoms with Gasteiger partial charge in [0.15, 0.2) is 0 Å². The molecule has 5 nitrogen and oxygen atoms in total. The first-order valence-corrected chi connectivity index (χ1v) is 5.54. The Morgan fingerprint density at radius 1 is 1.35 bits per heavy atom. The minimum Gasteiger partial charge on any atom is -0.491 e. The molecule has 94 valence electrons. The average Bonchev–Trinajstić information content (AvgIpc) is 2.28. The molecule has 0 aliphatic rings. The van der Waals surface area contributed by atoms with Crippen LogP contribution in [0.25, 0.3) is 0 Å². The number of nitrogens with one attached hydrogen (secondary N) is 1. The molecular formula is C12H19N3O2. The van der Waals surface area contributed by atoms with Gasteiger partial charge in [-0.1, -0.05) is 12.1 Å². The molecule has 1 aromatic rings. The number of ether oxygens (including phenoxy) is 1. The number of amides is 1. The monoisotopic (exact) mass is 237 g/mol. The quantitative estimate of drug-likeness (QED) is 0.402. The van der Waals surface area contributed by atoms with E-state index in [4.69, 9.17) is 16.3 Å². The predicted octanol–water partition coefficient (Wildman–Crippen LogP) is 0.854. The van der Waals surface area contributed by atoms with Crippen molar-refractivity contribution in [2.24, 2.45) is 11.6 Å². The van der Waals surface area contributed by atoms with Crippen molar-refractivity contribution in [3.05, 3.63) is 29.8 Å². The van der Waals surface area contributed by atoms with Gasteiger partial charge in [-0.15, -0.1) is 0 Å². The van der Waals surface area contributed by atoms with Crippen LogP contribution in [0.1, 0.15) is 31.9 Å². The molecule has 1 rings (SSSR count). The number of nitrogens with two attached hydrogens (primary N) is 2. The Labute approximate surface area is 101 Å². The van der Waals surface area contributed by atoms with E-state index in [1.54, 1.807) is 0 Å². The molecule has 5 heteroatoms. The van der Waals surface area contributed by atoms with Gasteiger partial charge in [0.25, 0.3) is 0 Å². The van der Waals surface area contributed by atoms with Crippen LogP contribution < -0.4 is 21.7 Å². The van der Waals surface area contributed by atoms with Crippen molar-refractivity contribution in [2.75, 3.05) is 0 Å². The van der Waals surface area contributed by atoms with Crippen molar-refractivity contribution < 1.29 is 9.53 Å². The Morgan fingerprint density at radius 3 is 2.41 bits per heavy atom. The van der Waals surface area contributed by atoms with Crippen LogP contribution in [0.2, 0.25) is 0 Å². The van der Waals surface area contributed by atoms with Gasteiger partial charge in [0, 0.05) is 12.5 Å². The van der Waals surface area contributed by atoms with Gasteiger partial charge < -0.3 is 10.5 Å². The number of carbonyl (C=O) groups is 1. The van der Waals surface area contributed by atoms with Crippen LogP contribution in [0.3, 0.4) is 0 Å². The van der Waals surface area contributed by atoms with Crippen molar-refractivity contribution in [3.8, 4) is 5.75 Å². The van der Waals surface area contributed by atoms with Gasteiger partial charge in [-0.25, -0.2) is 5.84 Å². The van der Waals surface area contributed by atoms with E-state index >= 15 is 0 Å². The summed E-state index contributed by atoms with van der Waals surface area (Å²) in [5.41, 5.74) is 8.80. The Balaban J connectivity index is 2.63. The van der Waals surface area contributed by atoms with Gasteiger partial charge in [0.1, 0.15) is 5.75 Å². The summed E-state index contributed by atoms with van der Waals surface area (Å²) in [5.74, 6) is 5.52. The normalized spacial score (nSPS) is 12.3. The Kier molecular flexibility index (Phi) is 4.93. The highest BCUT2D eigenvalue weighted by Gasteiger charge is 2.10. The van der Waals surface area contributed by atoms with Gasteiger partial charge in [0.05, 0.1) is 6.10 Å². The van der Waals surface area contributed by atoms with E-state index in [1.165, 1.54) is 0 Å². The summed E-state index contributed by atoms with van der Waals surface area (Å²) in [4.78, 5) is 11.1. The van der Waals surface area contributed by atoms with E-state index in [2.05, 4.69) is 5.43 Å². The van der Waals surface area contributed by atoms with Crippen molar-refractivity contribution in [3.63, 3.8) is 0 Å². The number of benzene rings is 1. The van der Waals surface area contributed by atoms with Gasteiger partial charge >= 0.3 is 0 Å². The Hall–Kier alpha value is -1.59. The second kappa shape index (κ2) is 6.22. The fourth-order valence-corrected chi connectivity index (χ4v) is 1.44. The molecule has 0 aliphatic heterocycles. The topological polar surface area (TPSA) is 90.4 Å². The zero-order chi connectivity index (χ0) is 12.8. The van der Waals surface area contributed by atoms with E-state index in [9.17, 15) is 4.79 Å². The molecular weight excluding hydrogens is 218 g/mol. The molecule has 0 bridgehead atoms. The van der Waals surface area contributed by atoms with Crippen molar-refractivity contribution in [2.45, 2.75) is 32.4 Å². The van der Waals surface area contributed by atoms with Crippen molar-refractivity contribution in [1.29, 1.82) is 0 Å². The lowest BCUT2D eigenvalue weighted by Crippen LogP contribution is -2.32. The SMILES string of the molecule is CC(C)Oc1ccc(C(N)CC(=O)NN)cc1. The highest BCUT2D eigenvalue weighted by molar-refractivity contribution is 5.76. The Morgan fingerprint density at radius 2 is 1.94 bits per heavy atom. The lowest BCUT2D eigenvalue weighted by molar-refractivity contribution is -0.121. The molecule has 5 N–H and O–H groups in total. The smallest absolute Gasteiger partial charge is 0.235 e. The van der Waals surface area contributed by atoms with Crippen LogP contribution in [-0.2, 0) is 4.79 Å². The van der Waals surface area contributed by atoms with Crippen LogP contribution in [0, 0.1) is 0 Å². The molecule has 0 saturated heterocycles. The molecule has 1 aromatic carbocycles. The molecule has 17 heavy (non-hydrogen) atoms. The first-order valence-electron chi connectivity index (χ1n) is 5.54. The highest BCUT2D eigenvalue weighted by Crippen LogP contribution is 2.19. The number of rotatable bonds is 5. The zero-order valence-electron chi connectivity index (χ0n) is 10.1. The fraction of sp³-hybridized carbons (Fsp3) is 0.417. The lowest BCUT2D eigenvalue weighted by atomic mass is 10.0. The number of carbonyl (C=O) groups excluding carboxylic acids is 1. The molecule has 1 unspecified atom stereocenters. The summed E-state index contributed by atoms with van der Waals surface area (Å²) < 4.78 is 5.51. The van der Waals surface area contributed by atoms with E-state index in [-0.39, 0.29) is 24.5 Å². The van der Waals surface area contributed by atoms with Gasteiger partial charge in [0.2, 0.25) is 5.91 Å². The van der Waals surface area contributed by atoms with Crippen LogP contribution in [0.5, 0.6) is 5.75 Å². The number of hydrogen-bond donors (Lipinski definition) is 3. The summed E-state index contributed by atoms with van der Waals surface area (Å²) in [6.45, 7) is 3.93. The van der Waals surface area contributed by atoms with Crippen LogP contribution >= 0.6 is 0 Å². The summed E-state index contributed by atoms with van der Waals surface area (Å²) in [5, 5.41) is 0. The number of hydrazine groups is 1. The van der Waals surface area contributed by atoms with E-state index < -0.39 is 0 Å².